The first-order valence-electron chi connectivity index (χ1n) is 12.9. The van der Waals surface area contributed by atoms with Crippen LogP contribution in [0.2, 0.25) is 0 Å². The van der Waals surface area contributed by atoms with Gasteiger partial charge in [-0.3, -0.25) is 0 Å². The first-order valence-corrected chi connectivity index (χ1v) is 12.9. The molecule has 0 saturated heterocycles. The lowest BCUT2D eigenvalue weighted by molar-refractivity contribution is 0.414. The van der Waals surface area contributed by atoms with Gasteiger partial charge in [-0.15, -0.1) is 0 Å². The van der Waals surface area contributed by atoms with Crippen molar-refractivity contribution in [2.24, 2.45) is 0 Å². The Morgan fingerprint density at radius 1 is 0.912 bits per heavy atom. The van der Waals surface area contributed by atoms with Crippen molar-refractivity contribution < 1.29 is 9.84 Å². The Hall–Kier alpha value is -2.94. The average Bonchev–Trinajstić information content (AvgIpc) is 2.87. The lowest BCUT2D eigenvalue weighted by Crippen LogP contribution is -2.25. The number of anilines is 1. The maximum atomic E-state index is 9.87. The van der Waals surface area contributed by atoms with Gasteiger partial charge in [-0.2, -0.15) is 0 Å². The molecule has 1 N–H and O–H groups in total. The minimum absolute atomic E-state index is 0.371. The number of phenols is 1. The molecule has 180 valence electrons. The van der Waals surface area contributed by atoms with Crippen molar-refractivity contribution in [1.29, 1.82) is 0 Å². The smallest absolute Gasteiger partial charge is 0.120 e. The van der Waals surface area contributed by atoms with E-state index in [1.54, 1.807) is 7.11 Å². The fourth-order valence-electron chi connectivity index (χ4n) is 5.25. The van der Waals surface area contributed by atoms with Crippen molar-refractivity contribution in [3.8, 4) is 11.5 Å². The second kappa shape index (κ2) is 11.5. The summed E-state index contributed by atoms with van der Waals surface area (Å²) in [6, 6.07) is 21.6. The highest BCUT2D eigenvalue weighted by atomic mass is 16.5. The van der Waals surface area contributed by atoms with Gasteiger partial charge in [0.1, 0.15) is 11.5 Å². The minimum atomic E-state index is 0.371. The summed E-state index contributed by atoms with van der Waals surface area (Å²) in [5.41, 5.74) is 8.11. The van der Waals surface area contributed by atoms with E-state index in [1.165, 1.54) is 59.2 Å². The molecule has 0 aromatic heterocycles. The van der Waals surface area contributed by atoms with E-state index in [4.69, 9.17) is 4.74 Å². The molecule has 3 nitrogen and oxygen atoms in total. The van der Waals surface area contributed by atoms with Gasteiger partial charge in [0.15, 0.2) is 0 Å². The van der Waals surface area contributed by atoms with Gasteiger partial charge in [0.2, 0.25) is 0 Å². The van der Waals surface area contributed by atoms with Gasteiger partial charge in [-0.25, -0.2) is 0 Å². The molecule has 0 saturated carbocycles. The molecule has 3 aromatic carbocycles. The highest BCUT2D eigenvalue weighted by Gasteiger charge is 2.24. The van der Waals surface area contributed by atoms with Gasteiger partial charge in [0.05, 0.1) is 7.11 Å². The van der Waals surface area contributed by atoms with Crippen molar-refractivity contribution in [2.45, 2.75) is 71.3 Å². The van der Waals surface area contributed by atoms with Crippen molar-refractivity contribution in [3.63, 3.8) is 0 Å². The first-order chi connectivity index (χ1) is 16.6. The van der Waals surface area contributed by atoms with Crippen LogP contribution in [-0.2, 0) is 25.8 Å². The number of phenolic OH excluding ortho intramolecular Hbond substituents is 1. The SMILES string of the molecule is CCCCCc1ccc(CN(CC)c2cc(OC)ccc2[C@@H]2CCc3cc(O)ccc3C2)cc1. The number of fused-ring (bicyclic) bond motifs is 1. The van der Waals surface area contributed by atoms with Crippen LogP contribution in [0.25, 0.3) is 0 Å². The zero-order chi connectivity index (χ0) is 23.9. The number of methoxy groups -OCH3 is 1. The number of aromatic hydroxyl groups is 1. The number of hydrogen-bond acceptors (Lipinski definition) is 3. The highest BCUT2D eigenvalue weighted by Crippen LogP contribution is 2.40. The standard InChI is InChI=1S/C31H39NO2/c1-4-6-7-8-23-9-11-24(12-10-23)22-32(5-2)31-21-29(34-3)17-18-30(31)27-14-13-26-20-28(33)16-15-25(26)19-27/h9-12,15-18,20-21,27,33H,4-8,13-14,19,22H2,1-3H3/t27-/m1/s1. The Bertz CT molecular complexity index is 1070. The van der Waals surface area contributed by atoms with E-state index in [2.05, 4.69) is 67.3 Å². The zero-order valence-electron chi connectivity index (χ0n) is 21.0. The second-order valence-electron chi connectivity index (χ2n) is 9.61. The number of rotatable bonds is 10. The van der Waals surface area contributed by atoms with Gasteiger partial charge < -0.3 is 14.7 Å². The molecule has 3 heteroatoms. The summed E-state index contributed by atoms with van der Waals surface area (Å²) < 4.78 is 5.62. The van der Waals surface area contributed by atoms with E-state index in [1.807, 2.05) is 12.1 Å². The Kier molecular flexibility index (Phi) is 8.16. The number of nitrogens with zero attached hydrogens (tertiary/aromatic N) is 1. The Labute approximate surface area is 205 Å². The van der Waals surface area contributed by atoms with Crippen LogP contribution in [0.15, 0.2) is 60.7 Å². The monoisotopic (exact) mass is 457 g/mol. The molecule has 0 unspecified atom stereocenters. The largest absolute Gasteiger partial charge is 0.508 e. The summed E-state index contributed by atoms with van der Waals surface area (Å²) in [4.78, 5) is 2.48. The molecule has 0 fully saturated rings. The molecule has 0 aliphatic heterocycles. The molecule has 1 atom stereocenters. The molecular weight excluding hydrogens is 418 g/mol. The van der Waals surface area contributed by atoms with E-state index >= 15 is 0 Å². The highest BCUT2D eigenvalue weighted by molar-refractivity contribution is 5.60. The molecule has 0 radical (unpaired) electrons. The predicted molar refractivity (Wildman–Crippen MR) is 142 cm³/mol. The second-order valence-corrected chi connectivity index (χ2v) is 9.61. The number of hydrogen-bond donors (Lipinski definition) is 1. The van der Waals surface area contributed by atoms with Crippen molar-refractivity contribution in [3.05, 3.63) is 88.5 Å². The van der Waals surface area contributed by atoms with Crippen molar-refractivity contribution in [1.82, 2.24) is 0 Å². The van der Waals surface area contributed by atoms with E-state index in [0.717, 1.165) is 38.1 Å². The van der Waals surface area contributed by atoms with Crippen LogP contribution in [0.4, 0.5) is 5.69 Å². The summed E-state index contributed by atoms with van der Waals surface area (Å²) in [6.45, 7) is 6.33. The van der Waals surface area contributed by atoms with Crippen LogP contribution >= 0.6 is 0 Å². The van der Waals surface area contributed by atoms with Gasteiger partial charge in [0.25, 0.3) is 0 Å². The molecule has 0 bridgehead atoms. The quantitative estimate of drug-likeness (QED) is 0.321. The van der Waals surface area contributed by atoms with Crippen molar-refractivity contribution >= 4 is 5.69 Å². The topological polar surface area (TPSA) is 32.7 Å². The maximum Gasteiger partial charge on any atom is 0.120 e. The van der Waals surface area contributed by atoms with Crippen LogP contribution in [0, 0.1) is 0 Å². The van der Waals surface area contributed by atoms with Crippen LogP contribution in [0.1, 0.15) is 73.3 Å². The Morgan fingerprint density at radius 2 is 1.71 bits per heavy atom. The summed E-state index contributed by atoms with van der Waals surface area (Å²) >= 11 is 0. The molecule has 3 aromatic rings. The van der Waals surface area contributed by atoms with Gasteiger partial charge in [-0.05, 0) is 91.0 Å². The molecule has 0 spiro atoms. The summed E-state index contributed by atoms with van der Waals surface area (Å²) in [5.74, 6) is 1.74. The number of unbranched alkanes of at least 4 members (excludes halogenated alkanes) is 2. The lowest BCUT2D eigenvalue weighted by Gasteiger charge is -2.32. The summed E-state index contributed by atoms with van der Waals surface area (Å²) in [6.07, 6.45) is 8.13. The number of ether oxygens (including phenoxy) is 1. The van der Waals surface area contributed by atoms with Gasteiger partial charge in [-0.1, -0.05) is 56.2 Å². The summed E-state index contributed by atoms with van der Waals surface area (Å²) in [7, 11) is 1.75. The third kappa shape index (κ3) is 5.75. The number of benzene rings is 3. The lowest BCUT2D eigenvalue weighted by atomic mass is 9.79. The van der Waals surface area contributed by atoms with E-state index in [0.29, 0.717) is 11.7 Å². The van der Waals surface area contributed by atoms with Crippen LogP contribution < -0.4 is 9.64 Å². The van der Waals surface area contributed by atoms with E-state index in [-0.39, 0.29) is 0 Å². The molecular formula is C31H39NO2. The molecule has 1 aliphatic carbocycles. The number of aryl methyl sites for hydroxylation is 2. The first kappa shape index (κ1) is 24.2. The fraction of sp³-hybridized carbons (Fsp3) is 0.419. The van der Waals surface area contributed by atoms with Crippen LogP contribution in [0.3, 0.4) is 0 Å². The maximum absolute atomic E-state index is 9.87. The molecule has 4 rings (SSSR count). The van der Waals surface area contributed by atoms with Crippen LogP contribution in [0.5, 0.6) is 11.5 Å². The van der Waals surface area contributed by atoms with Gasteiger partial charge in [0, 0.05) is 24.8 Å². The van der Waals surface area contributed by atoms with Crippen LogP contribution in [-0.4, -0.2) is 18.8 Å². The molecule has 1 aliphatic rings. The van der Waals surface area contributed by atoms with E-state index < -0.39 is 0 Å². The normalized spacial score (nSPS) is 15.1. The minimum Gasteiger partial charge on any atom is -0.508 e. The Morgan fingerprint density at radius 3 is 2.44 bits per heavy atom. The van der Waals surface area contributed by atoms with Gasteiger partial charge >= 0.3 is 0 Å². The summed E-state index contributed by atoms with van der Waals surface area (Å²) in [5, 5.41) is 9.87. The molecule has 0 amide bonds. The van der Waals surface area contributed by atoms with Crippen molar-refractivity contribution in [2.75, 3.05) is 18.6 Å². The zero-order valence-corrected chi connectivity index (χ0v) is 21.0. The third-order valence-electron chi connectivity index (χ3n) is 7.28. The fourth-order valence-corrected chi connectivity index (χ4v) is 5.25. The molecule has 0 heterocycles. The molecule has 34 heavy (non-hydrogen) atoms. The third-order valence-corrected chi connectivity index (χ3v) is 7.28. The van der Waals surface area contributed by atoms with E-state index in [9.17, 15) is 5.11 Å². The average molecular weight is 458 g/mol. The predicted octanol–water partition coefficient (Wildman–Crippen LogP) is 7.43. The Balaban J connectivity index is 1.56.